The molecule has 0 aromatic rings. The van der Waals surface area contributed by atoms with E-state index in [2.05, 4.69) is 86.8 Å². The van der Waals surface area contributed by atoms with Crippen LogP contribution in [-0.4, -0.2) is 98.9 Å². The predicted molar refractivity (Wildman–Crippen MR) is 271 cm³/mol. The molecule has 1 rings (SSSR count). The van der Waals surface area contributed by atoms with Gasteiger partial charge >= 0.3 is 13.8 Å². The molecule has 1 aliphatic carbocycles. The van der Waals surface area contributed by atoms with E-state index in [0.29, 0.717) is 13.0 Å². The molecule has 0 aliphatic heterocycles. The molecule has 1 saturated carbocycles. The highest BCUT2D eigenvalue weighted by molar-refractivity contribution is 7.47. The second kappa shape index (κ2) is 43.8. The third-order valence-electron chi connectivity index (χ3n) is 11.8. The van der Waals surface area contributed by atoms with Gasteiger partial charge in [-0.05, 0) is 83.5 Å². The Morgan fingerprint density at radius 3 is 1.36 bits per heavy atom. The van der Waals surface area contributed by atoms with Crippen LogP contribution in [0.3, 0.4) is 0 Å². The number of aliphatic hydroxyl groups is 5. The maximum atomic E-state index is 12.9. The van der Waals surface area contributed by atoms with Gasteiger partial charge in [-0.25, -0.2) is 4.57 Å². The van der Waals surface area contributed by atoms with Gasteiger partial charge in [0.25, 0.3) is 0 Å². The zero-order chi connectivity index (χ0) is 49.1. The van der Waals surface area contributed by atoms with E-state index in [1.54, 1.807) is 0 Å². The Labute approximate surface area is 406 Å². The molecule has 0 radical (unpaired) electrons. The number of ether oxygens (including phenoxy) is 2. The molecule has 0 saturated heterocycles. The van der Waals surface area contributed by atoms with E-state index >= 15 is 0 Å². The molecule has 1 aliphatic rings. The van der Waals surface area contributed by atoms with Gasteiger partial charge in [0.05, 0.1) is 13.2 Å². The molecule has 12 nitrogen and oxygen atoms in total. The van der Waals surface area contributed by atoms with Gasteiger partial charge < -0.3 is 39.9 Å². The van der Waals surface area contributed by atoms with Crippen molar-refractivity contribution in [3.8, 4) is 0 Å². The second-order valence-corrected chi connectivity index (χ2v) is 19.4. The van der Waals surface area contributed by atoms with Crippen molar-refractivity contribution in [1.82, 2.24) is 0 Å². The number of aliphatic hydroxyl groups excluding tert-OH is 5. The fraction of sp³-hybridized carbons (Fsp3) is 0.759. The van der Waals surface area contributed by atoms with Crippen molar-refractivity contribution in [2.75, 3.05) is 19.8 Å². The van der Waals surface area contributed by atoms with Crippen LogP contribution in [0.4, 0.5) is 0 Å². The van der Waals surface area contributed by atoms with Crippen molar-refractivity contribution in [1.29, 1.82) is 0 Å². The van der Waals surface area contributed by atoms with Gasteiger partial charge in [0.2, 0.25) is 0 Å². The Hall–Kier alpha value is -2.22. The molecule has 67 heavy (non-hydrogen) atoms. The highest BCUT2D eigenvalue weighted by Crippen LogP contribution is 2.47. The largest absolute Gasteiger partial charge is 0.472 e. The van der Waals surface area contributed by atoms with Gasteiger partial charge in [0.1, 0.15) is 42.7 Å². The van der Waals surface area contributed by atoms with E-state index in [0.717, 1.165) is 109 Å². The number of phosphoric ester groups is 1. The summed E-state index contributed by atoms with van der Waals surface area (Å²) in [5.74, 6) is -0.492. The third kappa shape index (κ3) is 35.5. The number of carbonyl (C=O) groups is 1. The lowest BCUT2D eigenvalue weighted by Gasteiger charge is -2.41. The van der Waals surface area contributed by atoms with Crippen LogP contribution in [0.15, 0.2) is 72.9 Å². The number of phosphoric acid groups is 1. The Morgan fingerprint density at radius 2 is 0.881 bits per heavy atom. The van der Waals surface area contributed by atoms with Gasteiger partial charge in [-0.1, -0.05) is 183 Å². The maximum Gasteiger partial charge on any atom is 0.472 e. The van der Waals surface area contributed by atoms with Crippen LogP contribution in [0.25, 0.3) is 0 Å². The van der Waals surface area contributed by atoms with Crippen LogP contribution < -0.4 is 0 Å². The van der Waals surface area contributed by atoms with Crippen LogP contribution in [0.1, 0.15) is 200 Å². The molecule has 6 atom stereocenters. The fourth-order valence-corrected chi connectivity index (χ4v) is 8.64. The molecule has 0 aromatic heterocycles. The van der Waals surface area contributed by atoms with Gasteiger partial charge in [0.15, 0.2) is 0 Å². The van der Waals surface area contributed by atoms with Crippen LogP contribution in [0.5, 0.6) is 0 Å². The van der Waals surface area contributed by atoms with Crippen LogP contribution in [-0.2, 0) is 27.9 Å². The first-order valence-electron chi connectivity index (χ1n) is 26.3. The quantitative estimate of drug-likeness (QED) is 0.0147. The minimum atomic E-state index is -5.03. The van der Waals surface area contributed by atoms with Crippen molar-refractivity contribution in [2.24, 2.45) is 0 Å². The molecular formula is C54H95O12P. The summed E-state index contributed by atoms with van der Waals surface area (Å²) in [6.45, 7) is 4.13. The monoisotopic (exact) mass is 967 g/mol. The van der Waals surface area contributed by atoms with Crippen molar-refractivity contribution < 1.29 is 58.3 Å². The number of carbonyl (C=O) groups excluding carboxylic acids is 1. The summed E-state index contributed by atoms with van der Waals surface area (Å²) in [6.07, 6.45) is 45.3. The molecule has 0 amide bonds. The Morgan fingerprint density at radius 1 is 0.493 bits per heavy atom. The minimum absolute atomic E-state index is 0.0884. The summed E-state index contributed by atoms with van der Waals surface area (Å²) < 4.78 is 34.3. The van der Waals surface area contributed by atoms with Crippen molar-refractivity contribution in [2.45, 2.75) is 243 Å². The summed E-state index contributed by atoms with van der Waals surface area (Å²) in [7, 11) is -5.03. The molecule has 0 bridgehead atoms. The van der Waals surface area contributed by atoms with E-state index in [4.69, 9.17) is 18.5 Å². The van der Waals surface area contributed by atoms with Crippen molar-refractivity contribution in [3.63, 3.8) is 0 Å². The molecule has 6 unspecified atom stereocenters. The summed E-state index contributed by atoms with van der Waals surface area (Å²) in [5, 5.41) is 50.3. The van der Waals surface area contributed by atoms with Gasteiger partial charge in [0, 0.05) is 13.0 Å². The maximum absolute atomic E-state index is 12.9. The third-order valence-corrected chi connectivity index (χ3v) is 12.8. The lowest BCUT2D eigenvalue weighted by molar-refractivity contribution is -0.220. The van der Waals surface area contributed by atoms with Crippen LogP contribution in [0, 0.1) is 0 Å². The van der Waals surface area contributed by atoms with Gasteiger partial charge in [-0.3, -0.25) is 13.8 Å². The average molecular weight is 967 g/mol. The number of unbranched alkanes of at least 4 members (excludes halogenated alkanes) is 20. The average Bonchev–Trinajstić information content (AvgIpc) is 3.31. The minimum Gasteiger partial charge on any atom is -0.457 e. The van der Waals surface area contributed by atoms with Crippen LogP contribution >= 0.6 is 7.82 Å². The number of hydrogen-bond acceptors (Lipinski definition) is 11. The predicted octanol–water partition coefficient (Wildman–Crippen LogP) is 11.9. The number of rotatable bonds is 44. The first kappa shape index (κ1) is 62.8. The number of allylic oxidation sites excluding steroid dienone is 12. The lowest BCUT2D eigenvalue weighted by atomic mass is 9.85. The fourth-order valence-electron chi connectivity index (χ4n) is 7.67. The molecular weight excluding hydrogens is 872 g/mol. The molecule has 0 aromatic carbocycles. The second-order valence-electron chi connectivity index (χ2n) is 18.0. The summed E-state index contributed by atoms with van der Waals surface area (Å²) in [5.41, 5.74) is 0. The zero-order valence-electron chi connectivity index (χ0n) is 41.7. The number of hydrogen-bond donors (Lipinski definition) is 6. The molecule has 1 fully saturated rings. The molecule has 388 valence electrons. The van der Waals surface area contributed by atoms with Gasteiger partial charge in [-0.15, -0.1) is 0 Å². The normalized spacial score (nSPS) is 21.9. The highest BCUT2D eigenvalue weighted by atomic mass is 31.2. The van der Waals surface area contributed by atoms with Gasteiger partial charge in [-0.2, -0.15) is 0 Å². The Bertz CT molecular complexity index is 1380. The van der Waals surface area contributed by atoms with E-state index in [1.807, 2.05) is 0 Å². The Kier molecular flexibility index (Phi) is 41.0. The van der Waals surface area contributed by atoms with E-state index in [1.165, 1.54) is 64.2 Å². The highest BCUT2D eigenvalue weighted by Gasteiger charge is 2.51. The van der Waals surface area contributed by atoms with E-state index in [-0.39, 0.29) is 13.0 Å². The van der Waals surface area contributed by atoms with Crippen LogP contribution in [0.2, 0.25) is 0 Å². The first-order chi connectivity index (χ1) is 32.5. The summed E-state index contributed by atoms with van der Waals surface area (Å²) in [4.78, 5) is 23.3. The van der Waals surface area contributed by atoms with Crippen molar-refractivity contribution in [3.05, 3.63) is 72.9 Å². The zero-order valence-corrected chi connectivity index (χ0v) is 42.6. The first-order valence-corrected chi connectivity index (χ1v) is 27.8. The molecule has 6 N–H and O–H groups in total. The molecule has 0 heterocycles. The molecule has 13 heteroatoms. The topological polar surface area (TPSA) is 192 Å². The summed E-state index contributed by atoms with van der Waals surface area (Å²) in [6, 6.07) is 0. The Balaban J connectivity index is 2.35. The number of esters is 1. The van der Waals surface area contributed by atoms with E-state index in [9.17, 15) is 39.8 Å². The SMILES string of the molecule is CC/C=C\C/C=C\C/C=C\C/C=C\C/C=C\CCCCCCCCCC(=O)OC(COCCCCCCCC/C=C\CCCCCCCCC)COP(=O)(O)OC1C(O)C(O)C(O)C(O)C1O. The summed E-state index contributed by atoms with van der Waals surface area (Å²) >= 11 is 0. The standard InChI is InChI=1S/C54H95O12P/c1-3-5-7-9-11-13-15-17-19-21-22-23-24-25-26-27-29-31-33-35-37-39-41-43-48(55)65-47(46-64-67(61,62)66-54-52(59)50(57)49(56)51(58)53(54)60)45-63-44-42-40-38-36-34-32-30-28-20-18-16-14-12-10-8-6-4-2/h5,7,11,13,17,19-20,22-23,25-26,28,47,49-54,56-60H,3-4,6,8-10,12,14-16,18,21,24,27,29-46H2,1-2H3,(H,61,62)/b7-5-,13-11-,19-17-,23-22-,26-25-,28-20-. The smallest absolute Gasteiger partial charge is 0.457 e. The van der Waals surface area contributed by atoms with Crippen molar-refractivity contribution >= 4 is 13.8 Å². The van der Waals surface area contributed by atoms with E-state index < -0.39 is 63.1 Å². The molecule has 0 spiro atoms. The lowest BCUT2D eigenvalue weighted by Crippen LogP contribution is -2.64.